The summed E-state index contributed by atoms with van der Waals surface area (Å²) in [6.07, 6.45) is 6.11. The normalized spacial score (nSPS) is 25.1. The van der Waals surface area contributed by atoms with Crippen LogP contribution in [0.1, 0.15) is 80.2 Å². The second kappa shape index (κ2) is 11.9. The van der Waals surface area contributed by atoms with Crippen LogP contribution >= 0.6 is 11.6 Å². The van der Waals surface area contributed by atoms with E-state index in [4.69, 9.17) is 16.3 Å². The molecular formula is C35H37ClF2N2O3. The largest absolute Gasteiger partial charge is 0.493 e. The van der Waals surface area contributed by atoms with Crippen LogP contribution in [0.5, 0.6) is 5.75 Å². The molecule has 1 fully saturated rings. The van der Waals surface area contributed by atoms with E-state index in [2.05, 4.69) is 29.4 Å². The maximum Gasteiger partial charge on any atom is 0.329 e. The van der Waals surface area contributed by atoms with Crippen LogP contribution in [0.25, 0.3) is 6.08 Å². The van der Waals surface area contributed by atoms with E-state index in [9.17, 15) is 18.7 Å². The average molecular weight is 607 g/mol. The molecule has 43 heavy (non-hydrogen) atoms. The number of anilines is 1. The fourth-order valence-electron chi connectivity index (χ4n) is 7.51. The van der Waals surface area contributed by atoms with Crippen molar-refractivity contribution in [2.45, 2.75) is 81.6 Å². The zero-order valence-electron chi connectivity index (χ0n) is 24.3. The number of aryl methyl sites for hydroxylation is 1. The standard InChI is InChI=1S/C35H37ClF2N2O3/c1-22-6-4-11-29-31(22)30(12-17-39-29)43-21-24(32(37)38)19-25-18-23-7-2-3-10-28(23)34(25)13-15-35(16-14-34,33(41)42)40-27-9-5-8-26(36)20-27/h2-3,5,7-10,12,17-18,20,22,24,32,40H,4,6,11,13-16,19,21H2,1H3,(H,41,42)/t22-,24-,34?,35?/m1/s1. The molecule has 1 saturated carbocycles. The number of halogens is 3. The van der Waals surface area contributed by atoms with Crippen molar-refractivity contribution in [2.24, 2.45) is 5.92 Å². The molecule has 5 nitrogen and oxygen atoms in total. The number of fused-ring (bicyclic) bond motifs is 3. The van der Waals surface area contributed by atoms with Crippen molar-refractivity contribution < 1.29 is 23.4 Å². The van der Waals surface area contributed by atoms with Gasteiger partial charge >= 0.3 is 5.97 Å². The fourth-order valence-corrected chi connectivity index (χ4v) is 7.70. The molecule has 2 N–H and O–H groups in total. The summed E-state index contributed by atoms with van der Waals surface area (Å²) in [5.74, 6) is -0.980. The van der Waals surface area contributed by atoms with Crippen molar-refractivity contribution in [2.75, 3.05) is 11.9 Å². The summed E-state index contributed by atoms with van der Waals surface area (Å²) in [6.45, 7) is 2.04. The maximum absolute atomic E-state index is 14.6. The number of pyridine rings is 1. The van der Waals surface area contributed by atoms with Gasteiger partial charge in [0.2, 0.25) is 6.43 Å². The summed E-state index contributed by atoms with van der Waals surface area (Å²) in [6, 6.07) is 16.9. The summed E-state index contributed by atoms with van der Waals surface area (Å²) in [5, 5.41) is 14.2. The maximum atomic E-state index is 14.6. The molecular weight excluding hydrogens is 570 g/mol. The predicted molar refractivity (Wildman–Crippen MR) is 165 cm³/mol. The van der Waals surface area contributed by atoms with Crippen LogP contribution in [0.3, 0.4) is 0 Å². The van der Waals surface area contributed by atoms with Crippen molar-refractivity contribution in [1.29, 1.82) is 0 Å². The number of nitrogens with zero attached hydrogens (tertiary/aromatic N) is 1. The lowest BCUT2D eigenvalue weighted by atomic mass is 9.61. The Balaban J connectivity index is 1.24. The molecule has 0 bridgehead atoms. The van der Waals surface area contributed by atoms with Crippen LogP contribution in [0.4, 0.5) is 14.5 Å². The van der Waals surface area contributed by atoms with Gasteiger partial charge in [-0.3, -0.25) is 4.98 Å². The number of hydrogen-bond donors (Lipinski definition) is 2. The summed E-state index contributed by atoms with van der Waals surface area (Å²) in [4.78, 5) is 17.2. The third-order valence-corrected chi connectivity index (χ3v) is 10.1. The van der Waals surface area contributed by atoms with Gasteiger partial charge in [0.1, 0.15) is 11.3 Å². The molecule has 2 aromatic carbocycles. The van der Waals surface area contributed by atoms with Crippen molar-refractivity contribution >= 4 is 29.3 Å². The minimum atomic E-state index is -2.57. The number of rotatable bonds is 9. The predicted octanol–water partition coefficient (Wildman–Crippen LogP) is 8.67. The topological polar surface area (TPSA) is 71.5 Å². The highest BCUT2D eigenvalue weighted by molar-refractivity contribution is 6.30. The fraction of sp³-hybridized carbons (Fsp3) is 0.429. The quantitative estimate of drug-likeness (QED) is 0.255. The number of carbonyl (C=O) groups is 1. The summed E-state index contributed by atoms with van der Waals surface area (Å²) >= 11 is 6.17. The minimum absolute atomic E-state index is 0.0972. The molecule has 0 aliphatic heterocycles. The Morgan fingerprint density at radius 3 is 2.67 bits per heavy atom. The Morgan fingerprint density at radius 1 is 1.14 bits per heavy atom. The van der Waals surface area contributed by atoms with Crippen LogP contribution in [0.2, 0.25) is 5.02 Å². The Hall–Kier alpha value is -3.45. The van der Waals surface area contributed by atoms with Crippen LogP contribution in [-0.2, 0) is 16.6 Å². The molecule has 1 aromatic heterocycles. The molecule has 3 aliphatic carbocycles. The van der Waals surface area contributed by atoms with Gasteiger partial charge in [-0.25, -0.2) is 13.6 Å². The van der Waals surface area contributed by atoms with Gasteiger partial charge < -0.3 is 15.2 Å². The zero-order chi connectivity index (χ0) is 30.2. The molecule has 0 radical (unpaired) electrons. The highest BCUT2D eigenvalue weighted by Crippen LogP contribution is 2.55. The first-order valence-electron chi connectivity index (χ1n) is 15.2. The number of nitrogens with one attached hydrogen (secondary N) is 1. The zero-order valence-corrected chi connectivity index (χ0v) is 25.0. The van der Waals surface area contributed by atoms with Gasteiger partial charge in [0.15, 0.2) is 0 Å². The van der Waals surface area contributed by atoms with E-state index in [0.29, 0.717) is 42.1 Å². The second-order valence-electron chi connectivity index (χ2n) is 12.4. The number of benzene rings is 2. The molecule has 2 atom stereocenters. The molecule has 6 rings (SSSR count). The average Bonchev–Trinajstić information content (AvgIpc) is 3.28. The number of carboxylic acid groups (broad SMARTS) is 1. The molecule has 0 unspecified atom stereocenters. The summed E-state index contributed by atoms with van der Waals surface area (Å²) in [7, 11) is 0. The number of alkyl halides is 2. The highest BCUT2D eigenvalue weighted by atomic mass is 35.5. The number of carboxylic acids is 1. The Labute approximate surface area is 256 Å². The van der Waals surface area contributed by atoms with E-state index >= 15 is 0 Å². The number of aromatic nitrogens is 1. The van der Waals surface area contributed by atoms with Crippen molar-refractivity contribution in [3.05, 3.63) is 93.8 Å². The molecule has 1 spiro atoms. The van der Waals surface area contributed by atoms with Gasteiger partial charge in [-0.2, -0.15) is 0 Å². The third kappa shape index (κ3) is 5.64. The number of hydrogen-bond acceptors (Lipinski definition) is 4. The van der Waals surface area contributed by atoms with E-state index in [-0.39, 0.29) is 18.9 Å². The van der Waals surface area contributed by atoms with Crippen molar-refractivity contribution in [1.82, 2.24) is 4.98 Å². The van der Waals surface area contributed by atoms with Crippen LogP contribution < -0.4 is 10.1 Å². The molecule has 3 aromatic rings. The van der Waals surface area contributed by atoms with E-state index in [1.54, 1.807) is 30.5 Å². The van der Waals surface area contributed by atoms with Crippen LogP contribution in [-0.4, -0.2) is 34.6 Å². The minimum Gasteiger partial charge on any atom is -0.493 e. The molecule has 0 amide bonds. The SMILES string of the molecule is C[C@@H]1CCCc2nccc(OC[C@@H](CC3=Cc4ccccc4C34CCC(Nc3cccc(Cl)c3)(C(=O)O)CC4)C(F)F)c21. The van der Waals surface area contributed by atoms with Gasteiger partial charge in [-0.1, -0.05) is 60.5 Å². The third-order valence-electron chi connectivity index (χ3n) is 9.86. The Bertz CT molecular complexity index is 1530. The van der Waals surface area contributed by atoms with E-state index in [0.717, 1.165) is 47.2 Å². The van der Waals surface area contributed by atoms with Crippen molar-refractivity contribution in [3.63, 3.8) is 0 Å². The highest BCUT2D eigenvalue weighted by Gasteiger charge is 2.52. The van der Waals surface area contributed by atoms with Gasteiger partial charge in [-0.05, 0) is 92.7 Å². The lowest BCUT2D eigenvalue weighted by molar-refractivity contribution is -0.143. The molecule has 8 heteroatoms. The number of aliphatic carboxylic acids is 1. The van der Waals surface area contributed by atoms with Gasteiger partial charge in [-0.15, -0.1) is 0 Å². The monoisotopic (exact) mass is 606 g/mol. The Morgan fingerprint density at radius 2 is 1.93 bits per heavy atom. The first kappa shape index (κ1) is 29.6. The molecule has 3 aliphatic rings. The van der Waals surface area contributed by atoms with Gasteiger partial charge in [0.05, 0.1) is 12.5 Å². The van der Waals surface area contributed by atoms with E-state index < -0.39 is 29.3 Å². The smallest absolute Gasteiger partial charge is 0.329 e. The lowest BCUT2D eigenvalue weighted by Gasteiger charge is -2.46. The molecule has 226 valence electrons. The van der Waals surface area contributed by atoms with Crippen LogP contribution in [0.15, 0.2) is 66.4 Å². The molecule has 0 saturated heterocycles. The van der Waals surface area contributed by atoms with E-state index in [1.165, 1.54) is 0 Å². The number of allylic oxidation sites excluding steroid dienone is 1. The lowest BCUT2D eigenvalue weighted by Crippen LogP contribution is -2.52. The van der Waals surface area contributed by atoms with Crippen molar-refractivity contribution in [3.8, 4) is 5.75 Å². The second-order valence-corrected chi connectivity index (χ2v) is 12.9. The molecule has 1 heterocycles. The summed E-state index contributed by atoms with van der Waals surface area (Å²) in [5.41, 5.74) is 4.09. The van der Waals surface area contributed by atoms with Gasteiger partial charge in [0, 0.05) is 33.6 Å². The van der Waals surface area contributed by atoms with Gasteiger partial charge in [0.25, 0.3) is 0 Å². The first-order valence-corrected chi connectivity index (χ1v) is 15.5. The van der Waals surface area contributed by atoms with E-state index in [1.807, 2.05) is 24.3 Å². The Kier molecular flexibility index (Phi) is 8.20. The first-order chi connectivity index (χ1) is 20.7. The summed E-state index contributed by atoms with van der Waals surface area (Å²) < 4.78 is 35.4. The van der Waals surface area contributed by atoms with Crippen LogP contribution in [0, 0.1) is 5.92 Å². The number of ether oxygens (including phenoxy) is 1.